The topological polar surface area (TPSA) is 29.5 Å². The summed E-state index contributed by atoms with van der Waals surface area (Å²) in [6, 6.07) is 17.6. The van der Waals surface area contributed by atoms with Gasteiger partial charge in [0.25, 0.3) is 0 Å². The molecule has 0 spiro atoms. The first-order chi connectivity index (χ1) is 7.38. The Morgan fingerprint density at radius 1 is 1.13 bits per heavy atom. The van der Waals surface area contributed by atoms with Gasteiger partial charge in [-0.15, -0.1) is 0 Å². The number of aliphatic hydroxyl groups is 1. The quantitative estimate of drug-likeness (QED) is 0.823. The number of benzene rings is 2. The van der Waals surface area contributed by atoms with Crippen molar-refractivity contribution in [1.29, 1.82) is 0 Å². The molecule has 0 heterocycles. The van der Waals surface area contributed by atoms with E-state index in [1.807, 2.05) is 42.5 Å². The van der Waals surface area contributed by atoms with Gasteiger partial charge in [0.05, 0.1) is 6.61 Å². The first-order valence-electron chi connectivity index (χ1n) is 4.72. The third kappa shape index (κ3) is 2.58. The summed E-state index contributed by atoms with van der Waals surface area (Å²) in [5.74, 6) is 1.47. The standard InChI is InChI=1S/C13H11O2/c14-10-11-5-4-8-13(9-11)15-12-6-2-1-3-7-12/h1-2,4-9,14H,10H2. The highest BCUT2D eigenvalue weighted by molar-refractivity contribution is 5.33. The van der Waals surface area contributed by atoms with Crippen LogP contribution >= 0.6 is 0 Å². The van der Waals surface area contributed by atoms with Crippen LogP contribution in [0.5, 0.6) is 11.5 Å². The molecule has 1 N–H and O–H groups in total. The molecule has 75 valence electrons. The summed E-state index contributed by atoms with van der Waals surface area (Å²) in [6.45, 7) is 0.0259. The van der Waals surface area contributed by atoms with Gasteiger partial charge in [0.2, 0.25) is 0 Å². The second-order valence-corrected chi connectivity index (χ2v) is 3.15. The van der Waals surface area contributed by atoms with Crippen molar-refractivity contribution >= 4 is 0 Å². The fraction of sp³-hybridized carbons (Fsp3) is 0.0769. The normalized spacial score (nSPS) is 9.93. The molecule has 2 rings (SSSR count). The number of hydrogen-bond acceptors (Lipinski definition) is 2. The van der Waals surface area contributed by atoms with Crippen LogP contribution in [0.3, 0.4) is 0 Å². The van der Waals surface area contributed by atoms with E-state index >= 15 is 0 Å². The molecule has 2 aromatic rings. The van der Waals surface area contributed by atoms with E-state index in [9.17, 15) is 0 Å². The SMILES string of the molecule is OCc1cccc(Oc2c[c]ccc2)c1. The molecule has 0 aliphatic rings. The van der Waals surface area contributed by atoms with Gasteiger partial charge in [-0.1, -0.05) is 24.3 Å². The van der Waals surface area contributed by atoms with Crippen molar-refractivity contribution in [2.45, 2.75) is 6.61 Å². The van der Waals surface area contributed by atoms with Crippen LogP contribution in [-0.4, -0.2) is 5.11 Å². The van der Waals surface area contributed by atoms with E-state index < -0.39 is 0 Å². The van der Waals surface area contributed by atoms with E-state index in [2.05, 4.69) is 6.07 Å². The molecule has 2 nitrogen and oxygen atoms in total. The zero-order chi connectivity index (χ0) is 10.5. The molecule has 2 heteroatoms. The fourth-order valence-corrected chi connectivity index (χ4v) is 1.28. The minimum Gasteiger partial charge on any atom is -0.457 e. The molecule has 15 heavy (non-hydrogen) atoms. The number of rotatable bonds is 3. The lowest BCUT2D eigenvalue weighted by atomic mass is 10.2. The van der Waals surface area contributed by atoms with Crippen LogP contribution < -0.4 is 4.74 Å². The lowest BCUT2D eigenvalue weighted by Crippen LogP contribution is -1.86. The molecule has 0 atom stereocenters. The molecule has 0 amide bonds. The van der Waals surface area contributed by atoms with Crippen LogP contribution in [0.1, 0.15) is 5.56 Å². The van der Waals surface area contributed by atoms with E-state index in [0.717, 1.165) is 17.1 Å². The molecule has 1 radical (unpaired) electrons. The summed E-state index contributed by atoms with van der Waals surface area (Å²) in [6.07, 6.45) is 0. The molecule has 2 aromatic carbocycles. The highest BCUT2D eigenvalue weighted by Crippen LogP contribution is 2.21. The molecule has 0 unspecified atom stereocenters. The third-order valence-corrected chi connectivity index (χ3v) is 2.00. The zero-order valence-electron chi connectivity index (χ0n) is 8.18. The van der Waals surface area contributed by atoms with Gasteiger partial charge in [0.15, 0.2) is 0 Å². The van der Waals surface area contributed by atoms with Crippen molar-refractivity contribution in [1.82, 2.24) is 0 Å². The van der Waals surface area contributed by atoms with Crippen molar-refractivity contribution in [3.8, 4) is 11.5 Å². The van der Waals surface area contributed by atoms with Crippen LogP contribution in [0.4, 0.5) is 0 Å². The fourth-order valence-electron chi connectivity index (χ4n) is 1.28. The van der Waals surface area contributed by atoms with Gasteiger partial charge in [-0.2, -0.15) is 0 Å². The summed E-state index contributed by atoms with van der Waals surface area (Å²) in [5.41, 5.74) is 0.840. The van der Waals surface area contributed by atoms with Gasteiger partial charge >= 0.3 is 0 Å². The van der Waals surface area contributed by atoms with Crippen LogP contribution in [0.25, 0.3) is 0 Å². The van der Waals surface area contributed by atoms with Gasteiger partial charge in [0, 0.05) is 0 Å². The minimum atomic E-state index is 0.0259. The Hall–Kier alpha value is -1.80. The van der Waals surface area contributed by atoms with Crippen molar-refractivity contribution in [3.63, 3.8) is 0 Å². The summed E-state index contributed by atoms with van der Waals surface area (Å²) < 4.78 is 5.58. The second kappa shape index (κ2) is 4.62. The molecule has 0 fully saturated rings. The van der Waals surface area contributed by atoms with Gasteiger partial charge in [-0.25, -0.2) is 0 Å². The maximum Gasteiger partial charge on any atom is 0.128 e. The van der Waals surface area contributed by atoms with E-state index in [1.165, 1.54) is 0 Å². The predicted octanol–water partition coefficient (Wildman–Crippen LogP) is 2.77. The van der Waals surface area contributed by atoms with Crippen molar-refractivity contribution in [2.75, 3.05) is 0 Å². The zero-order valence-corrected chi connectivity index (χ0v) is 8.18. The minimum absolute atomic E-state index is 0.0259. The lowest BCUT2D eigenvalue weighted by Gasteiger charge is -2.05. The summed E-state index contributed by atoms with van der Waals surface area (Å²) in [4.78, 5) is 0. The van der Waals surface area contributed by atoms with Gasteiger partial charge in [-0.05, 0) is 35.9 Å². The van der Waals surface area contributed by atoms with Gasteiger partial charge < -0.3 is 9.84 Å². The third-order valence-electron chi connectivity index (χ3n) is 2.00. The van der Waals surface area contributed by atoms with E-state index in [0.29, 0.717) is 0 Å². The molecule has 0 aliphatic carbocycles. The molecule has 0 aliphatic heterocycles. The predicted molar refractivity (Wildman–Crippen MR) is 57.7 cm³/mol. The molecule has 0 aromatic heterocycles. The molecule has 0 saturated heterocycles. The average molecular weight is 199 g/mol. The van der Waals surface area contributed by atoms with Crippen LogP contribution in [0.2, 0.25) is 0 Å². The number of hydrogen-bond donors (Lipinski definition) is 1. The summed E-state index contributed by atoms with van der Waals surface area (Å²) >= 11 is 0. The van der Waals surface area contributed by atoms with E-state index in [4.69, 9.17) is 9.84 Å². The Morgan fingerprint density at radius 2 is 2.00 bits per heavy atom. The first-order valence-corrected chi connectivity index (χ1v) is 4.72. The summed E-state index contributed by atoms with van der Waals surface area (Å²) in [5, 5.41) is 8.97. The Bertz CT molecular complexity index is 424. The van der Waals surface area contributed by atoms with Crippen molar-refractivity contribution in [3.05, 3.63) is 60.2 Å². The smallest absolute Gasteiger partial charge is 0.128 e. The van der Waals surface area contributed by atoms with Crippen molar-refractivity contribution < 1.29 is 9.84 Å². The molecule has 0 bridgehead atoms. The Balaban J connectivity index is 2.17. The Kier molecular flexibility index (Phi) is 3.00. The molecular formula is C13H11O2. The largest absolute Gasteiger partial charge is 0.457 e. The first kappa shape index (κ1) is 9.74. The van der Waals surface area contributed by atoms with Crippen LogP contribution in [0, 0.1) is 6.07 Å². The highest BCUT2D eigenvalue weighted by Gasteiger charge is 1.97. The van der Waals surface area contributed by atoms with Crippen LogP contribution in [0.15, 0.2) is 48.5 Å². The van der Waals surface area contributed by atoms with Gasteiger partial charge in [-0.3, -0.25) is 0 Å². The lowest BCUT2D eigenvalue weighted by molar-refractivity contribution is 0.281. The number of ether oxygens (including phenoxy) is 1. The monoisotopic (exact) mass is 199 g/mol. The second-order valence-electron chi connectivity index (χ2n) is 3.15. The van der Waals surface area contributed by atoms with Crippen molar-refractivity contribution in [2.24, 2.45) is 0 Å². The van der Waals surface area contributed by atoms with E-state index in [1.54, 1.807) is 6.07 Å². The number of aliphatic hydroxyl groups excluding tert-OH is 1. The van der Waals surface area contributed by atoms with Crippen LogP contribution in [-0.2, 0) is 6.61 Å². The average Bonchev–Trinajstić information content (AvgIpc) is 2.31. The summed E-state index contributed by atoms with van der Waals surface area (Å²) in [7, 11) is 0. The Morgan fingerprint density at radius 3 is 2.73 bits per heavy atom. The molecular weight excluding hydrogens is 188 g/mol. The Labute approximate surface area is 88.8 Å². The molecule has 0 saturated carbocycles. The maximum absolute atomic E-state index is 8.97. The maximum atomic E-state index is 8.97. The highest BCUT2D eigenvalue weighted by atomic mass is 16.5. The van der Waals surface area contributed by atoms with Gasteiger partial charge in [0.1, 0.15) is 11.5 Å². The van der Waals surface area contributed by atoms with E-state index in [-0.39, 0.29) is 6.61 Å².